The number of hydrogen-bond acceptors (Lipinski definition) is 6. The van der Waals surface area contributed by atoms with Crippen molar-refractivity contribution < 1.29 is 23.8 Å². The lowest BCUT2D eigenvalue weighted by Crippen LogP contribution is -2.18. The second kappa shape index (κ2) is 12.0. The second-order valence-corrected chi connectivity index (χ2v) is 7.83. The Morgan fingerprint density at radius 3 is 2.36 bits per heavy atom. The Hall–Kier alpha value is -3.40. The van der Waals surface area contributed by atoms with Crippen LogP contribution in [-0.4, -0.2) is 31.3 Å². The van der Waals surface area contributed by atoms with E-state index < -0.39 is 5.97 Å². The van der Waals surface area contributed by atoms with Crippen molar-refractivity contribution in [3.05, 3.63) is 87.0 Å². The number of ether oxygens (including phenoxy) is 3. The molecule has 0 aliphatic rings. The number of benzene rings is 3. The van der Waals surface area contributed by atoms with Crippen molar-refractivity contribution in [2.45, 2.75) is 13.8 Å². The van der Waals surface area contributed by atoms with E-state index in [1.165, 1.54) is 6.21 Å². The average molecular weight is 558 g/mol. The molecular formula is C25H23IN2O5. The number of amides is 1. The van der Waals surface area contributed by atoms with Gasteiger partial charge >= 0.3 is 5.97 Å². The van der Waals surface area contributed by atoms with Crippen molar-refractivity contribution in [1.29, 1.82) is 0 Å². The summed E-state index contributed by atoms with van der Waals surface area (Å²) in [5.74, 6) is 0.550. The summed E-state index contributed by atoms with van der Waals surface area (Å²) in [6, 6.07) is 19.0. The van der Waals surface area contributed by atoms with Gasteiger partial charge in [-0.3, -0.25) is 4.79 Å². The molecule has 33 heavy (non-hydrogen) atoms. The van der Waals surface area contributed by atoms with E-state index >= 15 is 0 Å². The quantitative estimate of drug-likeness (QED) is 0.130. The summed E-state index contributed by atoms with van der Waals surface area (Å²) in [6.07, 6.45) is 1.49. The van der Waals surface area contributed by atoms with E-state index in [-0.39, 0.29) is 11.7 Å². The molecule has 0 saturated heterocycles. The van der Waals surface area contributed by atoms with Crippen LogP contribution in [0.1, 0.15) is 40.1 Å². The van der Waals surface area contributed by atoms with Gasteiger partial charge in [-0.25, -0.2) is 10.2 Å². The molecule has 3 aromatic rings. The van der Waals surface area contributed by atoms with Crippen molar-refractivity contribution in [3.63, 3.8) is 0 Å². The summed E-state index contributed by atoms with van der Waals surface area (Å²) < 4.78 is 17.4. The number of rotatable bonds is 9. The highest BCUT2D eigenvalue weighted by molar-refractivity contribution is 14.1. The van der Waals surface area contributed by atoms with Gasteiger partial charge in [0.15, 0.2) is 11.5 Å². The minimum atomic E-state index is -0.509. The van der Waals surface area contributed by atoms with Gasteiger partial charge in [0.25, 0.3) is 5.91 Å². The van der Waals surface area contributed by atoms with E-state index in [0.717, 1.165) is 3.57 Å². The van der Waals surface area contributed by atoms with Crippen LogP contribution in [0.15, 0.2) is 71.8 Å². The molecule has 8 heteroatoms. The summed E-state index contributed by atoms with van der Waals surface area (Å²) in [7, 11) is 0. The Labute approximate surface area is 205 Å². The number of halogens is 1. The molecule has 0 atom stereocenters. The van der Waals surface area contributed by atoms with E-state index in [2.05, 4.69) is 33.1 Å². The molecule has 0 aromatic heterocycles. The predicted molar refractivity (Wildman–Crippen MR) is 134 cm³/mol. The van der Waals surface area contributed by atoms with Crippen LogP contribution in [0, 0.1) is 3.57 Å². The summed E-state index contributed by atoms with van der Waals surface area (Å²) in [5, 5.41) is 4.02. The lowest BCUT2D eigenvalue weighted by molar-refractivity contribution is 0.0728. The van der Waals surface area contributed by atoms with Gasteiger partial charge < -0.3 is 14.2 Å². The fraction of sp³-hybridized carbons (Fsp3) is 0.160. The van der Waals surface area contributed by atoms with Gasteiger partial charge in [-0.15, -0.1) is 0 Å². The summed E-state index contributed by atoms with van der Waals surface area (Å²) >= 11 is 2.10. The number of hydrazone groups is 1. The van der Waals surface area contributed by atoms with Crippen molar-refractivity contribution in [3.8, 4) is 17.2 Å². The third-order valence-electron chi connectivity index (χ3n) is 4.37. The van der Waals surface area contributed by atoms with Crippen LogP contribution in [0.4, 0.5) is 0 Å². The van der Waals surface area contributed by atoms with Crippen LogP contribution in [0.25, 0.3) is 0 Å². The molecule has 0 radical (unpaired) electrons. The van der Waals surface area contributed by atoms with Gasteiger partial charge in [0.1, 0.15) is 5.75 Å². The van der Waals surface area contributed by atoms with Crippen LogP contribution in [-0.2, 0) is 0 Å². The van der Waals surface area contributed by atoms with Crippen LogP contribution in [0.5, 0.6) is 17.2 Å². The molecule has 1 amide bonds. The Bertz CT molecular complexity index is 1150. The molecule has 3 aromatic carbocycles. The Balaban J connectivity index is 1.69. The Morgan fingerprint density at radius 1 is 0.939 bits per heavy atom. The highest BCUT2D eigenvalue weighted by Crippen LogP contribution is 2.29. The maximum Gasteiger partial charge on any atom is 0.343 e. The first-order chi connectivity index (χ1) is 16.0. The largest absolute Gasteiger partial charge is 0.494 e. The molecule has 3 rings (SSSR count). The van der Waals surface area contributed by atoms with Crippen LogP contribution >= 0.6 is 22.6 Å². The molecule has 1 N–H and O–H groups in total. The van der Waals surface area contributed by atoms with Crippen molar-refractivity contribution in [2.75, 3.05) is 13.2 Å². The summed E-state index contributed by atoms with van der Waals surface area (Å²) in [5.41, 5.74) is 4.12. The normalized spacial score (nSPS) is 10.6. The van der Waals surface area contributed by atoms with Gasteiger partial charge in [0.2, 0.25) is 0 Å². The fourth-order valence-corrected chi connectivity index (χ4v) is 3.47. The van der Waals surface area contributed by atoms with Gasteiger partial charge in [-0.2, -0.15) is 5.10 Å². The van der Waals surface area contributed by atoms with Crippen LogP contribution in [0.2, 0.25) is 0 Å². The summed E-state index contributed by atoms with van der Waals surface area (Å²) in [6.45, 7) is 4.66. The van der Waals surface area contributed by atoms with Crippen LogP contribution < -0.4 is 19.6 Å². The van der Waals surface area contributed by atoms with E-state index in [9.17, 15) is 9.59 Å². The predicted octanol–water partition coefficient (Wildman–Crippen LogP) is 5.07. The lowest BCUT2D eigenvalue weighted by atomic mass is 10.2. The molecular weight excluding hydrogens is 535 g/mol. The molecule has 0 fully saturated rings. The highest BCUT2D eigenvalue weighted by Gasteiger charge is 2.14. The van der Waals surface area contributed by atoms with Crippen molar-refractivity contribution in [1.82, 2.24) is 5.43 Å². The molecule has 170 valence electrons. The van der Waals surface area contributed by atoms with Gasteiger partial charge in [0.05, 0.1) is 30.6 Å². The number of carbonyl (C=O) groups excluding carboxylic acids is 2. The maximum atomic E-state index is 12.5. The third kappa shape index (κ3) is 6.79. The number of hydrogen-bond donors (Lipinski definition) is 1. The minimum Gasteiger partial charge on any atom is -0.494 e. The second-order valence-electron chi connectivity index (χ2n) is 6.67. The van der Waals surface area contributed by atoms with Crippen LogP contribution in [0.3, 0.4) is 0 Å². The average Bonchev–Trinajstić information content (AvgIpc) is 2.81. The Morgan fingerprint density at radius 2 is 1.67 bits per heavy atom. The number of nitrogens with one attached hydrogen (secondary N) is 1. The highest BCUT2D eigenvalue weighted by atomic mass is 127. The number of esters is 1. The Kier molecular flexibility index (Phi) is 8.82. The SMILES string of the molecule is CCOc1ccc(C(=O)Oc2ccc(C=NNC(=O)c3ccccc3I)cc2OCC)cc1. The molecule has 0 spiro atoms. The van der Waals surface area contributed by atoms with Crippen molar-refractivity contribution in [2.24, 2.45) is 5.10 Å². The lowest BCUT2D eigenvalue weighted by Gasteiger charge is -2.11. The molecule has 0 aliphatic heterocycles. The fourth-order valence-electron chi connectivity index (χ4n) is 2.84. The number of carbonyl (C=O) groups is 2. The van der Waals surface area contributed by atoms with E-state index in [1.807, 2.05) is 26.0 Å². The molecule has 0 aliphatic carbocycles. The zero-order valence-electron chi connectivity index (χ0n) is 18.2. The third-order valence-corrected chi connectivity index (χ3v) is 5.31. The zero-order chi connectivity index (χ0) is 23.6. The molecule has 0 unspecified atom stereocenters. The van der Waals surface area contributed by atoms with E-state index in [4.69, 9.17) is 14.2 Å². The van der Waals surface area contributed by atoms with Gasteiger partial charge in [-0.05, 0) is 96.6 Å². The van der Waals surface area contributed by atoms with E-state index in [0.29, 0.717) is 41.4 Å². The first-order valence-corrected chi connectivity index (χ1v) is 11.4. The van der Waals surface area contributed by atoms with Gasteiger partial charge in [0, 0.05) is 3.57 Å². The molecule has 0 saturated carbocycles. The topological polar surface area (TPSA) is 86.2 Å². The maximum absolute atomic E-state index is 12.5. The van der Waals surface area contributed by atoms with E-state index in [1.54, 1.807) is 54.6 Å². The molecule has 0 bridgehead atoms. The van der Waals surface area contributed by atoms with Gasteiger partial charge in [-0.1, -0.05) is 12.1 Å². The first kappa shape index (κ1) is 24.2. The summed E-state index contributed by atoms with van der Waals surface area (Å²) in [4.78, 5) is 24.8. The monoisotopic (exact) mass is 558 g/mol. The first-order valence-electron chi connectivity index (χ1n) is 10.3. The standard InChI is InChI=1S/C25H23IN2O5/c1-3-31-19-12-10-18(11-13-19)25(30)33-22-14-9-17(15-23(22)32-4-2)16-27-28-24(29)20-7-5-6-8-21(20)26/h5-16H,3-4H2,1-2H3,(H,28,29). The minimum absolute atomic E-state index is 0.288. The molecule has 7 nitrogen and oxygen atoms in total. The number of nitrogens with zero attached hydrogens (tertiary/aromatic N) is 1. The molecule has 0 heterocycles. The van der Waals surface area contributed by atoms with Crippen molar-refractivity contribution >= 4 is 40.7 Å². The smallest absolute Gasteiger partial charge is 0.343 e. The zero-order valence-corrected chi connectivity index (χ0v) is 20.4.